The molecule has 118 valence electrons. The highest BCUT2D eigenvalue weighted by Gasteiger charge is 2.30. The molecule has 0 saturated heterocycles. The monoisotopic (exact) mass is 310 g/mol. The van der Waals surface area contributed by atoms with Crippen molar-refractivity contribution in [2.45, 2.75) is 25.9 Å². The van der Waals surface area contributed by atoms with Crippen LogP contribution in [0.15, 0.2) is 36.7 Å². The summed E-state index contributed by atoms with van der Waals surface area (Å²) >= 11 is 0. The summed E-state index contributed by atoms with van der Waals surface area (Å²) in [6.07, 6.45) is -0.922. The predicted molar refractivity (Wildman–Crippen MR) is 80.2 cm³/mol. The van der Waals surface area contributed by atoms with Crippen LogP contribution in [0.25, 0.3) is 0 Å². The zero-order valence-corrected chi connectivity index (χ0v) is 12.1. The number of anilines is 3. The van der Waals surface area contributed by atoms with Crippen molar-refractivity contribution >= 4 is 17.3 Å². The van der Waals surface area contributed by atoms with Crippen LogP contribution in [0.3, 0.4) is 0 Å². The van der Waals surface area contributed by atoms with Gasteiger partial charge < -0.3 is 10.6 Å². The molecule has 22 heavy (non-hydrogen) atoms. The third kappa shape index (κ3) is 4.61. The Bertz CT molecular complexity index is 614. The van der Waals surface area contributed by atoms with Gasteiger partial charge in [0.25, 0.3) is 0 Å². The minimum absolute atomic E-state index is 0.327. The topological polar surface area (TPSA) is 49.8 Å². The van der Waals surface area contributed by atoms with E-state index in [9.17, 15) is 13.2 Å². The van der Waals surface area contributed by atoms with E-state index in [0.29, 0.717) is 17.3 Å². The van der Waals surface area contributed by atoms with Gasteiger partial charge in [-0.25, -0.2) is 9.97 Å². The molecule has 4 nitrogen and oxygen atoms in total. The summed E-state index contributed by atoms with van der Waals surface area (Å²) in [5, 5.41) is 5.99. The van der Waals surface area contributed by atoms with E-state index in [1.54, 1.807) is 12.1 Å². The second-order valence-corrected chi connectivity index (χ2v) is 4.77. The maximum atomic E-state index is 12.7. The molecule has 1 aromatic carbocycles. The Hall–Kier alpha value is -2.31. The minimum Gasteiger partial charge on any atom is -0.370 e. The highest BCUT2D eigenvalue weighted by molar-refractivity contribution is 5.59. The van der Waals surface area contributed by atoms with Crippen molar-refractivity contribution in [2.75, 3.05) is 17.2 Å². The van der Waals surface area contributed by atoms with Crippen LogP contribution in [0.1, 0.15) is 25.3 Å². The van der Waals surface area contributed by atoms with Crippen molar-refractivity contribution in [3.05, 3.63) is 42.2 Å². The van der Waals surface area contributed by atoms with Crippen LogP contribution in [-0.4, -0.2) is 16.5 Å². The Kier molecular flexibility index (Phi) is 5.19. The van der Waals surface area contributed by atoms with Crippen molar-refractivity contribution in [1.29, 1.82) is 0 Å². The average Bonchev–Trinajstić information content (AvgIpc) is 2.47. The lowest BCUT2D eigenvalue weighted by Gasteiger charge is -2.11. The van der Waals surface area contributed by atoms with Crippen molar-refractivity contribution in [3.63, 3.8) is 0 Å². The fraction of sp³-hybridized carbons (Fsp3) is 0.333. The van der Waals surface area contributed by atoms with Gasteiger partial charge in [-0.2, -0.15) is 13.2 Å². The molecule has 0 spiro atoms. The van der Waals surface area contributed by atoms with Crippen molar-refractivity contribution in [1.82, 2.24) is 9.97 Å². The van der Waals surface area contributed by atoms with E-state index in [0.717, 1.165) is 31.5 Å². The first-order valence-electron chi connectivity index (χ1n) is 6.99. The number of halogens is 3. The first-order chi connectivity index (χ1) is 10.5. The third-order valence-electron chi connectivity index (χ3n) is 2.97. The molecule has 0 aliphatic heterocycles. The fourth-order valence-corrected chi connectivity index (χ4v) is 1.84. The number of hydrogen-bond donors (Lipinski definition) is 2. The summed E-state index contributed by atoms with van der Waals surface area (Å²) in [4.78, 5) is 8.08. The van der Waals surface area contributed by atoms with Gasteiger partial charge in [0.05, 0.1) is 5.56 Å². The van der Waals surface area contributed by atoms with Gasteiger partial charge in [-0.1, -0.05) is 19.4 Å². The Balaban J connectivity index is 2.09. The molecule has 0 saturated carbocycles. The molecule has 2 aromatic rings. The minimum atomic E-state index is -4.36. The number of alkyl halides is 3. The highest BCUT2D eigenvalue weighted by Crippen LogP contribution is 2.31. The van der Waals surface area contributed by atoms with Crippen LogP contribution < -0.4 is 10.6 Å². The summed E-state index contributed by atoms with van der Waals surface area (Å²) in [5.74, 6) is 1.08. The highest BCUT2D eigenvalue weighted by atomic mass is 19.4. The molecule has 1 heterocycles. The van der Waals surface area contributed by atoms with E-state index in [-0.39, 0.29) is 0 Å². The largest absolute Gasteiger partial charge is 0.416 e. The SMILES string of the molecule is CCCCNc1cc(Nc2cccc(C(F)(F)F)c2)ncn1. The number of unbranched alkanes of at least 4 members (excludes halogenated alkanes) is 1. The molecular weight excluding hydrogens is 293 g/mol. The van der Waals surface area contributed by atoms with Crippen LogP contribution >= 0.6 is 0 Å². The number of aromatic nitrogens is 2. The van der Waals surface area contributed by atoms with E-state index in [1.165, 1.54) is 12.4 Å². The second-order valence-electron chi connectivity index (χ2n) is 4.77. The van der Waals surface area contributed by atoms with Gasteiger partial charge in [0.2, 0.25) is 0 Å². The molecule has 0 aliphatic rings. The van der Waals surface area contributed by atoms with Crippen LogP contribution in [0, 0.1) is 0 Å². The number of nitrogens with zero attached hydrogens (tertiary/aromatic N) is 2. The maximum Gasteiger partial charge on any atom is 0.416 e. The molecule has 0 fully saturated rings. The van der Waals surface area contributed by atoms with E-state index in [4.69, 9.17) is 0 Å². The maximum absolute atomic E-state index is 12.7. The zero-order chi connectivity index (χ0) is 16.0. The summed E-state index contributed by atoms with van der Waals surface area (Å²) in [7, 11) is 0. The molecule has 0 radical (unpaired) electrons. The van der Waals surface area contributed by atoms with Gasteiger partial charge in [0.15, 0.2) is 0 Å². The molecule has 2 rings (SSSR count). The number of benzene rings is 1. The van der Waals surface area contributed by atoms with Gasteiger partial charge in [-0.3, -0.25) is 0 Å². The zero-order valence-electron chi connectivity index (χ0n) is 12.1. The Morgan fingerprint density at radius 3 is 2.59 bits per heavy atom. The van der Waals surface area contributed by atoms with Crippen LogP contribution in [-0.2, 0) is 6.18 Å². The number of rotatable bonds is 6. The molecular formula is C15H17F3N4. The van der Waals surface area contributed by atoms with E-state index in [2.05, 4.69) is 27.5 Å². The predicted octanol–water partition coefficient (Wildman–Crippen LogP) is 4.45. The van der Waals surface area contributed by atoms with Crippen molar-refractivity contribution < 1.29 is 13.2 Å². The normalized spacial score (nSPS) is 11.3. The fourth-order valence-electron chi connectivity index (χ4n) is 1.84. The average molecular weight is 310 g/mol. The summed E-state index contributed by atoms with van der Waals surface area (Å²) in [6.45, 7) is 2.87. The molecule has 0 unspecified atom stereocenters. The van der Waals surface area contributed by atoms with Gasteiger partial charge in [-0.15, -0.1) is 0 Å². The lowest BCUT2D eigenvalue weighted by Crippen LogP contribution is -2.06. The van der Waals surface area contributed by atoms with Crippen LogP contribution in [0.2, 0.25) is 0 Å². The van der Waals surface area contributed by atoms with Gasteiger partial charge in [0, 0.05) is 18.3 Å². The smallest absolute Gasteiger partial charge is 0.370 e. The summed E-state index contributed by atoms with van der Waals surface area (Å²) in [5.41, 5.74) is -0.374. The molecule has 2 N–H and O–H groups in total. The molecule has 1 aromatic heterocycles. The molecule has 0 amide bonds. The van der Waals surface area contributed by atoms with Crippen LogP contribution in [0.4, 0.5) is 30.5 Å². The molecule has 0 bridgehead atoms. The lowest BCUT2D eigenvalue weighted by atomic mass is 10.2. The second kappa shape index (κ2) is 7.11. The Morgan fingerprint density at radius 2 is 1.86 bits per heavy atom. The third-order valence-corrected chi connectivity index (χ3v) is 2.97. The summed E-state index contributed by atoms with van der Waals surface area (Å²) < 4.78 is 38.0. The first-order valence-corrected chi connectivity index (χ1v) is 6.99. The van der Waals surface area contributed by atoms with Gasteiger partial charge >= 0.3 is 6.18 Å². The van der Waals surface area contributed by atoms with E-state index >= 15 is 0 Å². The van der Waals surface area contributed by atoms with E-state index < -0.39 is 11.7 Å². The summed E-state index contributed by atoms with van der Waals surface area (Å²) in [6, 6.07) is 6.65. The lowest BCUT2D eigenvalue weighted by molar-refractivity contribution is -0.137. The number of nitrogens with one attached hydrogen (secondary N) is 2. The van der Waals surface area contributed by atoms with Crippen molar-refractivity contribution in [3.8, 4) is 0 Å². The van der Waals surface area contributed by atoms with E-state index in [1.807, 2.05) is 0 Å². The van der Waals surface area contributed by atoms with Gasteiger partial charge in [0.1, 0.15) is 18.0 Å². The van der Waals surface area contributed by atoms with Crippen LogP contribution in [0.5, 0.6) is 0 Å². The molecule has 0 atom stereocenters. The number of hydrogen-bond acceptors (Lipinski definition) is 4. The quantitative estimate of drug-likeness (QED) is 0.774. The van der Waals surface area contributed by atoms with Crippen molar-refractivity contribution in [2.24, 2.45) is 0 Å². The van der Waals surface area contributed by atoms with Gasteiger partial charge in [-0.05, 0) is 24.6 Å². The first kappa shape index (κ1) is 16.1. The molecule has 7 heteroatoms. The standard InChI is InChI=1S/C15H17F3N4/c1-2-3-7-19-13-9-14(21-10-20-13)22-12-6-4-5-11(8-12)15(16,17)18/h4-6,8-10H,2-3,7H2,1H3,(H2,19,20,21,22). The Morgan fingerprint density at radius 1 is 1.09 bits per heavy atom. The molecule has 0 aliphatic carbocycles. The Labute approximate surface area is 126 Å².